The van der Waals surface area contributed by atoms with Gasteiger partial charge in [-0.3, -0.25) is 9.69 Å². The molecule has 0 spiro atoms. The second-order valence-electron chi connectivity index (χ2n) is 8.12. The predicted octanol–water partition coefficient (Wildman–Crippen LogP) is 4.58. The van der Waals surface area contributed by atoms with Gasteiger partial charge in [-0.1, -0.05) is 18.2 Å². The number of nitrogens with zero attached hydrogens (tertiary/aromatic N) is 1. The lowest BCUT2D eigenvalue weighted by molar-refractivity contribution is 0.0331. The maximum absolute atomic E-state index is 13.9. The topological polar surface area (TPSA) is 58.6 Å². The molecule has 29 heavy (non-hydrogen) atoms. The number of Topliss-reactive ketones (excluding diaryl/α,β-unsaturated/α-hetero) is 1. The second kappa shape index (κ2) is 7.91. The van der Waals surface area contributed by atoms with Crippen LogP contribution in [0.1, 0.15) is 55.2 Å². The van der Waals surface area contributed by atoms with Crippen LogP contribution in [0.25, 0.3) is 0 Å². The number of carbonyl (C=O) groups is 2. The van der Waals surface area contributed by atoms with E-state index in [9.17, 15) is 18.4 Å². The van der Waals surface area contributed by atoms with E-state index >= 15 is 0 Å². The maximum Gasteiger partial charge on any atom is 0.408 e. The van der Waals surface area contributed by atoms with Crippen molar-refractivity contribution in [3.8, 4) is 0 Å². The lowest BCUT2D eigenvalue weighted by atomic mass is 9.88. The van der Waals surface area contributed by atoms with Gasteiger partial charge in [0.25, 0.3) is 0 Å². The zero-order chi connectivity index (χ0) is 21.3. The van der Waals surface area contributed by atoms with Gasteiger partial charge >= 0.3 is 6.09 Å². The molecule has 5 nitrogen and oxygen atoms in total. The van der Waals surface area contributed by atoms with Crippen LogP contribution < -0.4 is 5.32 Å². The number of alkyl carbamates (subject to hydrolysis) is 1. The molecule has 1 amide bonds. The number of ketones is 1. The van der Waals surface area contributed by atoms with Gasteiger partial charge in [-0.15, -0.1) is 0 Å². The second-order valence-corrected chi connectivity index (χ2v) is 8.12. The first-order valence-electron chi connectivity index (χ1n) is 9.38. The van der Waals surface area contributed by atoms with E-state index in [0.717, 1.165) is 0 Å². The van der Waals surface area contributed by atoms with Crippen LogP contribution in [0.3, 0.4) is 0 Å². The molecule has 7 heteroatoms. The molecule has 0 bridgehead atoms. The summed E-state index contributed by atoms with van der Waals surface area (Å²) in [6, 6.07) is 8.90. The van der Waals surface area contributed by atoms with E-state index in [1.165, 1.54) is 30.3 Å². The van der Waals surface area contributed by atoms with Crippen LogP contribution >= 0.6 is 0 Å². The minimum atomic E-state index is -0.870. The summed E-state index contributed by atoms with van der Waals surface area (Å²) < 4.78 is 32.9. The van der Waals surface area contributed by atoms with Crippen LogP contribution in [0.2, 0.25) is 0 Å². The van der Waals surface area contributed by atoms with Crippen molar-refractivity contribution < 1.29 is 23.1 Å². The fraction of sp³-hybridized carbons (Fsp3) is 0.364. The fourth-order valence-electron chi connectivity index (χ4n) is 3.44. The monoisotopic (exact) mass is 402 g/mol. The van der Waals surface area contributed by atoms with Crippen LogP contribution in [0.5, 0.6) is 0 Å². The Balaban J connectivity index is 1.97. The Morgan fingerprint density at radius 3 is 2.52 bits per heavy atom. The number of benzene rings is 2. The molecule has 1 aliphatic heterocycles. The van der Waals surface area contributed by atoms with E-state index in [2.05, 4.69) is 5.32 Å². The summed E-state index contributed by atoms with van der Waals surface area (Å²) in [5, 5.41) is 2.73. The Morgan fingerprint density at radius 2 is 1.86 bits per heavy atom. The van der Waals surface area contributed by atoms with E-state index in [1.807, 2.05) is 0 Å². The van der Waals surface area contributed by atoms with Gasteiger partial charge < -0.3 is 10.1 Å². The fourth-order valence-corrected chi connectivity index (χ4v) is 3.44. The zero-order valence-electron chi connectivity index (χ0n) is 16.8. The lowest BCUT2D eigenvalue weighted by Crippen LogP contribution is -2.52. The van der Waals surface area contributed by atoms with Gasteiger partial charge in [0.15, 0.2) is 5.78 Å². The van der Waals surface area contributed by atoms with Crippen molar-refractivity contribution >= 4 is 11.9 Å². The molecule has 154 valence electrons. The molecular formula is C22H24F2N2O3. The van der Waals surface area contributed by atoms with Crippen molar-refractivity contribution in [3.05, 3.63) is 70.8 Å². The van der Waals surface area contributed by atoms with Gasteiger partial charge in [-0.2, -0.15) is 0 Å². The van der Waals surface area contributed by atoms with E-state index in [4.69, 9.17) is 4.74 Å². The molecule has 2 aromatic carbocycles. The molecule has 1 N–H and O–H groups in total. The lowest BCUT2D eigenvalue weighted by Gasteiger charge is -2.40. The molecule has 0 saturated carbocycles. The summed E-state index contributed by atoms with van der Waals surface area (Å²) in [4.78, 5) is 27.2. The van der Waals surface area contributed by atoms with E-state index in [-0.39, 0.29) is 17.9 Å². The number of hydrogen-bond acceptors (Lipinski definition) is 4. The van der Waals surface area contributed by atoms with Crippen molar-refractivity contribution in [2.75, 3.05) is 0 Å². The molecule has 0 aliphatic carbocycles. The van der Waals surface area contributed by atoms with Gasteiger partial charge in [0, 0.05) is 12.1 Å². The Morgan fingerprint density at radius 1 is 1.17 bits per heavy atom. The number of fused-ring (bicyclic) bond motifs is 1. The highest BCUT2D eigenvalue weighted by Crippen LogP contribution is 2.35. The Labute approximate surface area is 168 Å². The van der Waals surface area contributed by atoms with Crippen LogP contribution in [-0.4, -0.2) is 28.5 Å². The van der Waals surface area contributed by atoms with Gasteiger partial charge in [-0.25, -0.2) is 13.6 Å². The molecule has 3 rings (SSSR count). The standard InChI is InChI=1S/C22H24F2N2O3/c1-13(25-21(28)29-22(2,3)4)26-12-15-8-9-17(24)11-18(15)20(27)19(26)14-6-5-7-16(23)10-14/h5-11,13,19H,12H2,1-4H3,(H,25,28)/t13-,19?/m0/s1. The zero-order valence-corrected chi connectivity index (χ0v) is 16.8. The maximum atomic E-state index is 13.9. The van der Waals surface area contributed by atoms with Gasteiger partial charge in [0.2, 0.25) is 0 Å². The average molecular weight is 402 g/mol. The third kappa shape index (κ3) is 4.79. The first-order chi connectivity index (χ1) is 13.5. The Hall–Kier alpha value is -2.80. The summed E-state index contributed by atoms with van der Waals surface area (Å²) in [6.45, 7) is 7.25. The Kier molecular flexibility index (Phi) is 5.71. The number of hydrogen-bond donors (Lipinski definition) is 1. The summed E-state index contributed by atoms with van der Waals surface area (Å²) in [5.41, 5.74) is 0.665. The molecule has 0 fully saturated rings. The molecule has 1 aliphatic rings. The van der Waals surface area contributed by atoms with Gasteiger partial charge in [0.05, 0.1) is 6.17 Å². The van der Waals surface area contributed by atoms with Crippen molar-refractivity contribution in [2.45, 2.75) is 52.0 Å². The predicted molar refractivity (Wildman–Crippen MR) is 104 cm³/mol. The Bertz CT molecular complexity index is 940. The number of rotatable bonds is 3. The molecule has 2 aromatic rings. The van der Waals surface area contributed by atoms with Gasteiger partial charge in [-0.05, 0) is 63.1 Å². The van der Waals surface area contributed by atoms with Crippen LogP contribution in [0, 0.1) is 11.6 Å². The molecule has 0 radical (unpaired) electrons. The summed E-state index contributed by atoms with van der Waals surface area (Å²) in [5.74, 6) is -1.34. The third-order valence-electron chi connectivity index (χ3n) is 4.66. The van der Waals surface area contributed by atoms with Gasteiger partial charge in [0.1, 0.15) is 23.3 Å². The number of ether oxygens (including phenoxy) is 1. The highest BCUT2D eigenvalue weighted by Gasteiger charge is 2.38. The highest BCUT2D eigenvalue weighted by atomic mass is 19.1. The molecule has 1 unspecified atom stereocenters. The van der Waals surface area contributed by atoms with Crippen LogP contribution in [-0.2, 0) is 11.3 Å². The summed E-state index contributed by atoms with van der Waals surface area (Å²) in [6.07, 6.45) is -1.22. The van der Waals surface area contributed by atoms with E-state index in [0.29, 0.717) is 11.1 Å². The summed E-state index contributed by atoms with van der Waals surface area (Å²) >= 11 is 0. The molecule has 0 aromatic heterocycles. The quantitative estimate of drug-likeness (QED) is 0.817. The number of halogens is 2. The number of nitrogens with one attached hydrogen (secondary N) is 1. The number of amides is 1. The summed E-state index contributed by atoms with van der Waals surface area (Å²) in [7, 11) is 0. The van der Waals surface area contributed by atoms with Crippen LogP contribution in [0.4, 0.5) is 13.6 Å². The minimum absolute atomic E-state index is 0.264. The average Bonchev–Trinajstić information content (AvgIpc) is 2.60. The normalized spacial score (nSPS) is 18.1. The minimum Gasteiger partial charge on any atom is -0.444 e. The molecule has 2 atom stereocenters. The van der Waals surface area contributed by atoms with Crippen molar-refractivity contribution in [3.63, 3.8) is 0 Å². The van der Waals surface area contributed by atoms with Crippen molar-refractivity contribution in [2.24, 2.45) is 0 Å². The van der Waals surface area contributed by atoms with E-state index < -0.39 is 35.5 Å². The highest BCUT2D eigenvalue weighted by molar-refractivity contribution is 6.02. The largest absolute Gasteiger partial charge is 0.444 e. The van der Waals surface area contributed by atoms with E-state index in [1.54, 1.807) is 44.7 Å². The first kappa shape index (κ1) is 20.9. The van der Waals surface area contributed by atoms with Crippen molar-refractivity contribution in [1.82, 2.24) is 10.2 Å². The SMILES string of the molecule is C[C@@H](NC(=O)OC(C)(C)C)N1Cc2ccc(F)cc2C(=O)C1c1cccc(F)c1. The molecule has 0 saturated heterocycles. The molecule has 1 heterocycles. The molecular weight excluding hydrogens is 378 g/mol. The van der Waals surface area contributed by atoms with Crippen LogP contribution in [0.15, 0.2) is 42.5 Å². The first-order valence-corrected chi connectivity index (χ1v) is 9.38. The third-order valence-corrected chi connectivity index (χ3v) is 4.66. The number of carbonyl (C=O) groups excluding carboxylic acids is 2. The smallest absolute Gasteiger partial charge is 0.408 e. The van der Waals surface area contributed by atoms with Crippen molar-refractivity contribution in [1.29, 1.82) is 0 Å².